The highest BCUT2D eigenvalue weighted by molar-refractivity contribution is 5.86. The van der Waals surface area contributed by atoms with Gasteiger partial charge in [0.25, 0.3) is 0 Å². The lowest BCUT2D eigenvalue weighted by atomic mass is 9.89. The summed E-state index contributed by atoms with van der Waals surface area (Å²) in [4.78, 5) is 30.6. The van der Waals surface area contributed by atoms with Crippen LogP contribution in [0.3, 0.4) is 0 Å². The van der Waals surface area contributed by atoms with Gasteiger partial charge in [0.15, 0.2) is 0 Å². The van der Waals surface area contributed by atoms with E-state index in [0.717, 1.165) is 38.0 Å². The first kappa shape index (κ1) is 18.3. The maximum absolute atomic E-state index is 13.3. The number of carbonyl (C=O) groups is 2. The van der Waals surface area contributed by atoms with Crippen LogP contribution in [-0.2, 0) is 9.59 Å². The van der Waals surface area contributed by atoms with E-state index in [2.05, 4.69) is 18.7 Å². The van der Waals surface area contributed by atoms with Gasteiger partial charge in [-0.25, -0.2) is 4.39 Å². The largest absolute Gasteiger partial charge is 0.363 e. The first-order valence-corrected chi connectivity index (χ1v) is 9.95. The zero-order chi connectivity index (χ0) is 19.2. The number of rotatable bonds is 3. The minimum Gasteiger partial charge on any atom is -0.363 e. The minimum atomic E-state index is -0.218. The second kappa shape index (κ2) is 6.80. The molecule has 5 nitrogen and oxygen atoms in total. The SMILES string of the molecule is CC1(C)C[C@@H]2CN(C(=O)CN3CCCC3=O)CC[C@@H]2N1c1ccc(F)cc1. The van der Waals surface area contributed by atoms with Crippen molar-refractivity contribution in [1.29, 1.82) is 0 Å². The molecule has 2 amide bonds. The molecule has 3 aliphatic rings. The Balaban J connectivity index is 1.45. The van der Waals surface area contributed by atoms with Gasteiger partial charge in [-0.15, -0.1) is 0 Å². The van der Waals surface area contributed by atoms with Gasteiger partial charge >= 0.3 is 0 Å². The van der Waals surface area contributed by atoms with Crippen LogP contribution >= 0.6 is 0 Å². The molecular weight excluding hydrogens is 345 g/mol. The molecule has 6 heteroatoms. The number of nitrogens with zero attached hydrogens (tertiary/aromatic N) is 3. The molecule has 1 aromatic rings. The van der Waals surface area contributed by atoms with Gasteiger partial charge in [-0.3, -0.25) is 9.59 Å². The van der Waals surface area contributed by atoms with E-state index >= 15 is 0 Å². The normalized spacial score (nSPS) is 27.2. The van der Waals surface area contributed by atoms with E-state index in [1.807, 2.05) is 17.0 Å². The Bertz CT molecular complexity index is 733. The first-order valence-electron chi connectivity index (χ1n) is 9.95. The molecule has 0 aromatic heterocycles. The zero-order valence-electron chi connectivity index (χ0n) is 16.2. The number of benzene rings is 1. The molecule has 1 aromatic carbocycles. The van der Waals surface area contributed by atoms with Crippen molar-refractivity contribution in [3.05, 3.63) is 30.1 Å². The van der Waals surface area contributed by atoms with Crippen LogP contribution in [0.1, 0.15) is 39.5 Å². The van der Waals surface area contributed by atoms with Crippen LogP contribution in [0, 0.1) is 11.7 Å². The number of hydrogen-bond donors (Lipinski definition) is 0. The van der Waals surface area contributed by atoms with Crippen molar-refractivity contribution in [2.75, 3.05) is 31.1 Å². The van der Waals surface area contributed by atoms with Gasteiger partial charge in [-0.2, -0.15) is 0 Å². The van der Waals surface area contributed by atoms with E-state index in [9.17, 15) is 14.0 Å². The summed E-state index contributed by atoms with van der Waals surface area (Å²) < 4.78 is 13.3. The summed E-state index contributed by atoms with van der Waals surface area (Å²) >= 11 is 0. The van der Waals surface area contributed by atoms with Gasteiger partial charge in [-0.1, -0.05) is 0 Å². The lowest BCUT2D eigenvalue weighted by Gasteiger charge is -2.42. The van der Waals surface area contributed by atoms with Crippen LogP contribution in [0.15, 0.2) is 24.3 Å². The second-order valence-corrected chi connectivity index (χ2v) is 8.74. The Morgan fingerprint density at radius 2 is 1.96 bits per heavy atom. The van der Waals surface area contributed by atoms with Crippen molar-refractivity contribution in [3.8, 4) is 0 Å². The highest BCUT2D eigenvalue weighted by Crippen LogP contribution is 2.44. The Morgan fingerprint density at radius 1 is 1.22 bits per heavy atom. The van der Waals surface area contributed by atoms with Gasteiger partial charge in [0.1, 0.15) is 5.82 Å². The average Bonchev–Trinajstić information content (AvgIpc) is 3.14. The Morgan fingerprint density at radius 3 is 2.63 bits per heavy atom. The molecule has 3 aliphatic heterocycles. The topological polar surface area (TPSA) is 43.9 Å². The number of halogens is 1. The predicted molar refractivity (Wildman–Crippen MR) is 102 cm³/mol. The summed E-state index contributed by atoms with van der Waals surface area (Å²) in [6, 6.07) is 7.11. The Labute approximate surface area is 160 Å². The highest BCUT2D eigenvalue weighted by atomic mass is 19.1. The van der Waals surface area contributed by atoms with Crippen LogP contribution in [0.25, 0.3) is 0 Å². The number of hydrogen-bond acceptors (Lipinski definition) is 3. The molecule has 3 heterocycles. The van der Waals surface area contributed by atoms with Crippen LogP contribution in [0.4, 0.5) is 10.1 Å². The van der Waals surface area contributed by atoms with Gasteiger partial charge in [0.05, 0.1) is 6.54 Å². The fourth-order valence-corrected chi connectivity index (χ4v) is 5.25. The molecule has 0 aliphatic carbocycles. The number of likely N-dealkylation sites (tertiary alicyclic amines) is 2. The molecule has 0 saturated carbocycles. The van der Waals surface area contributed by atoms with Crippen LogP contribution < -0.4 is 4.90 Å². The summed E-state index contributed by atoms with van der Waals surface area (Å²) in [5.74, 6) is 0.352. The summed E-state index contributed by atoms with van der Waals surface area (Å²) in [5.41, 5.74) is 1.02. The van der Waals surface area contributed by atoms with Gasteiger partial charge in [-0.05, 0) is 63.3 Å². The van der Waals surface area contributed by atoms with Gasteiger partial charge < -0.3 is 14.7 Å². The van der Waals surface area contributed by atoms with Crippen LogP contribution in [-0.4, -0.2) is 59.4 Å². The molecular formula is C21H28FN3O2. The Kier molecular flexibility index (Phi) is 4.60. The fraction of sp³-hybridized carbons (Fsp3) is 0.619. The lowest BCUT2D eigenvalue weighted by Crippen LogP contribution is -2.52. The van der Waals surface area contributed by atoms with Crippen molar-refractivity contribution < 1.29 is 14.0 Å². The first-order chi connectivity index (χ1) is 12.8. The van der Waals surface area contributed by atoms with E-state index < -0.39 is 0 Å². The standard InChI is InChI=1S/C21H28FN3O2/c1-21(2)12-15-13-24(20(27)14-23-10-3-4-19(23)26)11-9-18(15)25(21)17-7-5-16(22)6-8-17/h5-8,15,18H,3-4,9-14H2,1-2H3/t15-,18+/m1/s1. The highest BCUT2D eigenvalue weighted by Gasteiger charge is 2.48. The van der Waals surface area contributed by atoms with Crippen molar-refractivity contribution in [2.24, 2.45) is 5.92 Å². The van der Waals surface area contributed by atoms with Crippen molar-refractivity contribution in [3.63, 3.8) is 0 Å². The molecule has 3 fully saturated rings. The van der Waals surface area contributed by atoms with E-state index in [-0.39, 0.29) is 29.7 Å². The smallest absolute Gasteiger partial charge is 0.242 e. The van der Waals surface area contributed by atoms with Crippen LogP contribution in [0.2, 0.25) is 0 Å². The lowest BCUT2D eigenvalue weighted by molar-refractivity contribution is -0.139. The minimum absolute atomic E-state index is 0.0306. The van der Waals surface area contributed by atoms with Crippen molar-refractivity contribution in [2.45, 2.75) is 51.1 Å². The Hall–Kier alpha value is -2.11. The zero-order valence-corrected chi connectivity index (χ0v) is 16.2. The van der Waals surface area contributed by atoms with E-state index in [0.29, 0.717) is 24.9 Å². The summed E-state index contributed by atoms with van der Waals surface area (Å²) in [5, 5.41) is 0. The van der Waals surface area contributed by atoms with Crippen molar-refractivity contribution in [1.82, 2.24) is 9.80 Å². The molecule has 0 unspecified atom stereocenters. The average molecular weight is 373 g/mol. The predicted octanol–water partition coefficient (Wildman–Crippen LogP) is 2.65. The number of piperidine rings is 1. The van der Waals surface area contributed by atoms with Crippen molar-refractivity contribution >= 4 is 17.5 Å². The molecule has 0 radical (unpaired) electrons. The number of anilines is 1. The molecule has 27 heavy (non-hydrogen) atoms. The number of carbonyl (C=O) groups excluding carboxylic acids is 2. The van der Waals surface area contributed by atoms with E-state index in [1.165, 1.54) is 12.1 Å². The summed E-state index contributed by atoms with van der Waals surface area (Å²) in [6.45, 7) is 6.84. The molecule has 0 spiro atoms. The number of fused-ring (bicyclic) bond motifs is 1. The molecule has 0 bridgehead atoms. The van der Waals surface area contributed by atoms with Gasteiger partial charge in [0.2, 0.25) is 11.8 Å². The van der Waals surface area contributed by atoms with Gasteiger partial charge in [0, 0.05) is 43.3 Å². The quantitative estimate of drug-likeness (QED) is 0.818. The van der Waals surface area contributed by atoms with Crippen LogP contribution in [0.5, 0.6) is 0 Å². The third-order valence-electron chi connectivity index (χ3n) is 6.39. The molecule has 0 N–H and O–H groups in total. The molecule has 146 valence electrons. The molecule has 3 saturated heterocycles. The third-order valence-corrected chi connectivity index (χ3v) is 6.39. The maximum Gasteiger partial charge on any atom is 0.242 e. The molecule has 2 atom stereocenters. The second-order valence-electron chi connectivity index (χ2n) is 8.74. The monoisotopic (exact) mass is 373 g/mol. The van der Waals surface area contributed by atoms with E-state index in [4.69, 9.17) is 0 Å². The van der Waals surface area contributed by atoms with E-state index in [1.54, 1.807) is 4.90 Å². The third kappa shape index (κ3) is 3.42. The molecule has 4 rings (SSSR count). The number of amides is 2. The summed E-state index contributed by atoms with van der Waals surface area (Å²) in [6.07, 6.45) is 3.34. The fourth-order valence-electron chi connectivity index (χ4n) is 5.25. The summed E-state index contributed by atoms with van der Waals surface area (Å²) in [7, 11) is 0. The maximum atomic E-state index is 13.3.